The molecular formula is C19H17ClO. The van der Waals surface area contributed by atoms with Gasteiger partial charge in [-0.2, -0.15) is 0 Å². The van der Waals surface area contributed by atoms with E-state index in [1.165, 1.54) is 10.9 Å². The molecule has 1 unspecified atom stereocenters. The normalized spacial score (nSPS) is 12.3. The highest BCUT2D eigenvalue weighted by atomic mass is 35.5. The Hall–Kier alpha value is -1.99. The molecule has 0 heterocycles. The molecule has 0 fully saturated rings. The van der Waals surface area contributed by atoms with E-state index in [1.54, 1.807) is 7.11 Å². The number of hydrogen-bond donors (Lipinski definition) is 0. The van der Waals surface area contributed by atoms with Crippen LogP contribution in [0.3, 0.4) is 0 Å². The largest absolute Gasteiger partial charge is 0.497 e. The molecule has 0 aliphatic carbocycles. The SMILES string of the molecule is COc1ccc2cc(C(Cl)c3ccccc3C)ccc2c1. The summed E-state index contributed by atoms with van der Waals surface area (Å²) in [6.07, 6.45) is 0. The highest BCUT2D eigenvalue weighted by Crippen LogP contribution is 2.33. The van der Waals surface area contributed by atoms with Crippen LogP contribution in [-0.2, 0) is 0 Å². The van der Waals surface area contributed by atoms with E-state index in [-0.39, 0.29) is 5.38 Å². The van der Waals surface area contributed by atoms with Gasteiger partial charge in [-0.15, -0.1) is 11.6 Å². The topological polar surface area (TPSA) is 9.23 Å². The van der Waals surface area contributed by atoms with Crippen LogP contribution in [-0.4, -0.2) is 7.11 Å². The van der Waals surface area contributed by atoms with Crippen LogP contribution in [0.5, 0.6) is 5.75 Å². The Morgan fingerprint density at radius 3 is 2.38 bits per heavy atom. The zero-order chi connectivity index (χ0) is 14.8. The van der Waals surface area contributed by atoms with Crippen LogP contribution in [0.1, 0.15) is 22.1 Å². The molecule has 0 spiro atoms. The molecule has 0 aliphatic rings. The van der Waals surface area contributed by atoms with E-state index in [0.29, 0.717) is 0 Å². The van der Waals surface area contributed by atoms with Gasteiger partial charge in [0.1, 0.15) is 5.75 Å². The van der Waals surface area contributed by atoms with Crippen LogP contribution in [0.15, 0.2) is 60.7 Å². The highest BCUT2D eigenvalue weighted by Gasteiger charge is 2.13. The van der Waals surface area contributed by atoms with Gasteiger partial charge in [0.25, 0.3) is 0 Å². The van der Waals surface area contributed by atoms with Crippen LogP contribution in [0.2, 0.25) is 0 Å². The molecule has 0 bridgehead atoms. The van der Waals surface area contributed by atoms with Gasteiger partial charge in [-0.1, -0.05) is 42.5 Å². The van der Waals surface area contributed by atoms with Gasteiger partial charge in [-0.25, -0.2) is 0 Å². The Kier molecular flexibility index (Phi) is 3.85. The maximum atomic E-state index is 6.67. The maximum Gasteiger partial charge on any atom is 0.119 e. The summed E-state index contributed by atoms with van der Waals surface area (Å²) in [5.41, 5.74) is 3.49. The second-order valence-electron chi connectivity index (χ2n) is 5.19. The number of hydrogen-bond acceptors (Lipinski definition) is 1. The predicted molar refractivity (Wildman–Crippen MR) is 89.4 cm³/mol. The summed E-state index contributed by atoms with van der Waals surface area (Å²) in [5.74, 6) is 0.872. The van der Waals surface area contributed by atoms with E-state index in [0.717, 1.165) is 22.3 Å². The first kappa shape index (κ1) is 14.0. The number of halogens is 1. The van der Waals surface area contributed by atoms with Crippen molar-refractivity contribution in [3.05, 3.63) is 77.4 Å². The Morgan fingerprint density at radius 2 is 1.62 bits per heavy atom. The molecule has 1 atom stereocenters. The third-order valence-corrected chi connectivity index (χ3v) is 4.31. The number of aryl methyl sites for hydroxylation is 1. The number of methoxy groups -OCH3 is 1. The van der Waals surface area contributed by atoms with Crippen molar-refractivity contribution >= 4 is 22.4 Å². The van der Waals surface area contributed by atoms with Crippen molar-refractivity contribution < 1.29 is 4.74 Å². The van der Waals surface area contributed by atoms with E-state index >= 15 is 0 Å². The smallest absolute Gasteiger partial charge is 0.119 e. The maximum absolute atomic E-state index is 6.67. The van der Waals surface area contributed by atoms with Crippen LogP contribution < -0.4 is 4.74 Å². The van der Waals surface area contributed by atoms with Gasteiger partial charge in [-0.3, -0.25) is 0 Å². The summed E-state index contributed by atoms with van der Waals surface area (Å²) in [7, 11) is 1.68. The first-order chi connectivity index (χ1) is 10.2. The summed E-state index contributed by atoms with van der Waals surface area (Å²) in [6.45, 7) is 2.09. The van der Waals surface area contributed by atoms with Crippen molar-refractivity contribution in [1.29, 1.82) is 0 Å². The molecule has 0 radical (unpaired) electrons. The summed E-state index contributed by atoms with van der Waals surface area (Å²) < 4.78 is 5.26. The van der Waals surface area contributed by atoms with Crippen molar-refractivity contribution in [3.63, 3.8) is 0 Å². The third kappa shape index (κ3) is 2.74. The lowest BCUT2D eigenvalue weighted by Crippen LogP contribution is -1.96. The second kappa shape index (κ2) is 5.79. The fourth-order valence-corrected chi connectivity index (χ4v) is 2.96. The molecule has 0 aromatic heterocycles. The van der Waals surface area contributed by atoms with Crippen molar-refractivity contribution in [2.24, 2.45) is 0 Å². The van der Waals surface area contributed by atoms with Crippen LogP contribution >= 0.6 is 11.6 Å². The zero-order valence-electron chi connectivity index (χ0n) is 12.1. The van der Waals surface area contributed by atoms with Gasteiger partial charge in [-0.05, 0) is 52.6 Å². The summed E-state index contributed by atoms with van der Waals surface area (Å²) >= 11 is 6.67. The van der Waals surface area contributed by atoms with E-state index < -0.39 is 0 Å². The molecule has 1 nitrogen and oxygen atoms in total. The molecule has 0 amide bonds. The average Bonchev–Trinajstić information content (AvgIpc) is 2.53. The molecule has 21 heavy (non-hydrogen) atoms. The predicted octanol–water partition coefficient (Wildman–Crippen LogP) is 5.49. The first-order valence-corrected chi connectivity index (χ1v) is 7.40. The van der Waals surface area contributed by atoms with Gasteiger partial charge < -0.3 is 4.74 Å². The van der Waals surface area contributed by atoms with Gasteiger partial charge >= 0.3 is 0 Å². The standard InChI is InChI=1S/C19H17ClO/c1-13-5-3-4-6-18(13)19(20)16-8-7-15-12-17(21-2)10-9-14(15)11-16/h3-12,19H,1-2H3. The lowest BCUT2D eigenvalue weighted by atomic mass is 9.98. The highest BCUT2D eigenvalue weighted by molar-refractivity contribution is 6.22. The molecule has 3 rings (SSSR count). The summed E-state index contributed by atoms with van der Waals surface area (Å²) in [6, 6.07) is 20.7. The van der Waals surface area contributed by atoms with Crippen LogP contribution in [0, 0.1) is 6.92 Å². The number of rotatable bonds is 3. The Morgan fingerprint density at radius 1 is 0.905 bits per heavy atom. The van der Waals surface area contributed by atoms with E-state index in [9.17, 15) is 0 Å². The fourth-order valence-electron chi connectivity index (χ4n) is 2.58. The number of fused-ring (bicyclic) bond motifs is 1. The molecule has 2 heteroatoms. The molecule has 0 saturated heterocycles. The first-order valence-electron chi connectivity index (χ1n) is 6.96. The van der Waals surface area contributed by atoms with E-state index in [4.69, 9.17) is 16.3 Å². The number of benzene rings is 3. The van der Waals surface area contributed by atoms with E-state index in [2.05, 4.69) is 43.3 Å². The van der Waals surface area contributed by atoms with E-state index in [1.807, 2.05) is 24.3 Å². The second-order valence-corrected chi connectivity index (χ2v) is 5.63. The number of alkyl halides is 1. The Balaban J connectivity index is 2.03. The molecule has 0 aliphatic heterocycles. The quantitative estimate of drug-likeness (QED) is 0.581. The third-order valence-electron chi connectivity index (χ3n) is 3.83. The molecule has 0 saturated carbocycles. The lowest BCUT2D eigenvalue weighted by Gasteiger charge is -2.14. The average molecular weight is 297 g/mol. The minimum Gasteiger partial charge on any atom is -0.497 e. The van der Waals surface area contributed by atoms with Gasteiger partial charge in [0.05, 0.1) is 12.5 Å². The molecular weight excluding hydrogens is 280 g/mol. The summed E-state index contributed by atoms with van der Waals surface area (Å²) in [5, 5.41) is 2.21. The van der Waals surface area contributed by atoms with Gasteiger partial charge in [0.15, 0.2) is 0 Å². The van der Waals surface area contributed by atoms with Crippen molar-refractivity contribution in [2.45, 2.75) is 12.3 Å². The minimum atomic E-state index is -0.127. The Labute approximate surface area is 130 Å². The van der Waals surface area contributed by atoms with Crippen molar-refractivity contribution in [2.75, 3.05) is 7.11 Å². The van der Waals surface area contributed by atoms with Crippen LogP contribution in [0.25, 0.3) is 10.8 Å². The zero-order valence-corrected chi connectivity index (χ0v) is 12.9. The van der Waals surface area contributed by atoms with Gasteiger partial charge in [0.2, 0.25) is 0 Å². The minimum absolute atomic E-state index is 0.127. The number of ether oxygens (including phenoxy) is 1. The van der Waals surface area contributed by atoms with Crippen molar-refractivity contribution in [1.82, 2.24) is 0 Å². The Bertz CT molecular complexity index is 779. The van der Waals surface area contributed by atoms with Crippen molar-refractivity contribution in [3.8, 4) is 5.75 Å². The fraction of sp³-hybridized carbons (Fsp3) is 0.158. The molecule has 106 valence electrons. The monoisotopic (exact) mass is 296 g/mol. The van der Waals surface area contributed by atoms with Crippen LogP contribution in [0.4, 0.5) is 0 Å². The summed E-state index contributed by atoms with van der Waals surface area (Å²) in [4.78, 5) is 0. The molecule has 3 aromatic rings. The molecule has 3 aromatic carbocycles. The molecule has 0 N–H and O–H groups in total. The van der Waals surface area contributed by atoms with Gasteiger partial charge in [0, 0.05) is 0 Å². The lowest BCUT2D eigenvalue weighted by molar-refractivity contribution is 0.415.